The van der Waals surface area contributed by atoms with Gasteiger partial charge in [0, 0.05) is 9.86 Å². The van der Waals surface area contributed by atoms with Crippen LogP contribution in [-0.4, -0.2) is 10.9 Å². The number of thiophene rings is 1. The van der Waals surface area contributed by atoms with E-state index in [-0.39, 0.29) is 5.91 Å². The molecule has 3 heterocycles. The molecule has 1 aromatic carbocycles. The number of carbonyl (C=O) groups is 1. The molecule has 4 aromatic rings. The van der Waals surface area contributed by atoms with E-state index >= 15 is 0 Å². The molecule has 0 fully saturated rings. The van der Waals surface area contributed by atoms with Crippen molar-refractivity contribution in [1.82, 2.24) is 10.3 Å². The van der Waals surface area contributed by atoms with Gasteiger partial charge in [-0.3, -0.25) is 4.79 Å². The highest BCUT2D eigenvalue weighted by Gasteiger charge is 2.16. The molecular weight excluding hydrogens is 412 g/mol. The Kier molecular flexibility index (Phi) is 4.61. The average molecular weight is 427 g/mol. The quantitative estimate of drug-likeness (QED) is 0.464. The van der Waals surface area contributed by atoms with Gasteiger partial charge in [0.25, 0.3) is 5.91 Å². The molecule has 1 amide bonds. The Balaban J connectivity index is 1.81. The Hall–Kier alpha value is -2.44. The maximum atomic E-state index is 12.9. The van der Waals surface area contributed by atoms with Gasteiger partial charge in [0.05, 0.1) is 34.5 Å². The van der Waals surface area contributed by atoms with Crippen molar-refractivity contribution in [3.05, 3.63) is 75.5 Å². The summed E-state index contributed by atoms with van der Waals surface area (Å²) in [6, 6.07) is 13.4. The smallest absolute Gasteiger partial charge is 0.252 e. The number of halogens is 1. The van der Waals surface area contributed by atoms with Crippen LogP contribution in [0.4, 0.5) is 0 Å². The number of benzene rings is 1. The maximum Gasteiger partial charge on any atom is 0.252 e. The summed E-state index contributed by atoms with van der Waals surface area (Å²) in [5, 5.41) is 5.77. The van der Waals surface area contributed by atoms with Gasteiger partial charge in [-0.2, -0.15) is 0 Å². The van der Waals surface area contributed by atoms with Crippen molar-refractivity contribution in [3.8, 4) is 10.6 Å². The number of nitrogens with zero attached hydrogens (tertiary/aromatic N) is 1. The molecule has 0 atom stereocenters. The van der Waals surface area contributed by atoms with E-state index in [2.05, 4.69) is 21.2 Å². The third kappa shape index (κ3) is 3.30. The van der Waals surface area contributed by atoms with E-state index < -0.39 is 0 Å². The molecule has 0 unspecified atom stereocenters. The summed E-state index contributed by atoms with van der Waals surface area (Å²) in [7, 11) is 0. The van der Waals surface area contributed by atoms with Crippen molar-refractivity contribution < 1.29 is 9.21 Å². The van der Waals surface area contributed by atoms with Gasteiger partial charge in [0.1, 0.15) is 5.76 Å². The van der Waals surface area contributed by atoms with E-state index in [9.17, 15) is 4.79 Å². The van der Waals surface area contributed by atoms with Crippen LogP contribution in [0.3, 0.4) is 0 Å². The van der Waals surface area contributed by atoms with Crippen molar-refractivity contribution >= 4 is 44.1 Å². The van der Waals surface area contributed by atoms with Gasteiger partial charge in [0.2, 0.25) is 0 Å². The molecule has 26 heavy (non-hydrogen) atoms. The second-order valence-corrected chi connectivity index (χ2v) is 7.78. The number of aromatic nitrogens is 1. The Morgan fingerprint density at radius 3 is 2.88 bits per heavy atom. The summed E-state index contributed by atoms with van der Waals surface area (Å²) < 4.78 is 6.22. The van der Waals surface area contributed by atoms with Crippen LogP contribution in [0.25, 0.3) is 21.5 Å². The standard InChI is InChI=1S/C20H15BrN2O2S/c1-12-8-13(21)9-15-16(20(24)22-11-14-4-2-6-25-14)10-17(23-19(12)15)18-5-3-7-26-18/h2-10H,11H2,1H3,(H,22,24). The molecule has 0 spiro atoms. The number of nitrogens with one attached hydrogen (secondary N) is 1. The van der Waals surface area contributed by atoms with Crippen molar-refractivity contribution in [1.29, 1.82) is 0 Å². The fourth-order valence-corrected chi connectivity index (χ4v) is 4.13. The van der Waals surface area contributed by atoms with Crippen molar-refractivity contribution in [2.24, 2.45) is 0 Å². The molecule has 6 heteroatoms. The Morgan fingerprint density at radius 2 is 2.15 bits per heavy atom. The molecule has 0 aliphatic rings. The molecule has 0 aliphatic heterocycles. The zero-order valence-electron chi connectivity index (χ0n) is 14.0. The van der Waals surface area contributed by atoms with E-state index in [4.69, 9.17) is 9.40 Å². The van der Waals surface area contributed by atoms with Crippen LogP contribution in [0.15, 0.2) is 63.0 Å². The lowest BCUT2D eigenvalue weighted by Gasteiger charge is -2.11. The fourth-order valence-electron chi connectivity index (χ4n) is 2.87. The van der Waals surface area contributed by atoms with E-state index in [1.165, 1.54) is 0 Å². The number of rotatable bonds is 4. The highest BCUT2D eigenvalue weighted by atomic mass is 79.9. The molecule has 3 aromatic heterocycles. The molecule has 0 saturated carbocycles. The van der Waals surface area contributed by atoms with E-state index in [1.54, 1.807) is 23.7 Å². The number of amides is 1. The lowest BCUT2D eigenvalue weighted by Crippen LogP contribution is -2.23. The monoisotopic (exact) mass is 426 g/mol. The molecule has 0 aliphatic carbocycles. The van der Waals surface area contributed by atoms with Crippen LogP contribution in [0.1, 0.15) is 21.7 Å². The number of pyridine rings is 1. The molecule has 0 bridgehead atoms. The fraction of sp³-hybridized carbons (Fsp3) is 0.100. The summed E-state index contributed by atoms with van der Waals surface area (Å²) in [6.45, 7) is 2.35. The number of aryl methyl sites for hydroxylation is 1. The molecule has 0 saturated heterocycles. The molecule has 4 nitrogen and oxygen atoms in total. The van der Waals surface area contributed by atoms with E-state index in [0.717, 1.165) is 31.5 Å². The lowest BCUT2D eigenvalue weighted by atomic mass is 10.0. The Labute approximate surface area is 163 Å². The predicted molar refractivity (Wildman–Crippen MR) is 107 cm³/mol. The lowest BCUT2D eigenvalue weighted by molar-refractivity contribution is 0.0949. The van der Waals surface area contributed by atoms with Crippen LogP contribution in [0.5, 0.6) is 0 Å². The van der Waals surface area contributed by atoms with Crippen molar-refractivity contribution in [3.63, 3.8) is 0 Å². The first-order valence-corrected chi connectivity index (χ1v) is 9.74. The van der Waals surface area contributed by atoms with E-state index in [1.807, 2.05) is 48.7 Å². The van der Waals surface area contributed by atoms with Gasteiger partial charge in [-0.1, -0.05) is 22.0 Å². The Morgan fingerprint density at radius 1 is 1.27 bits per heavy atom. The minimum atomic E-state index is -0.149. The van der Waals surface area contributed by atoms with Gasteiger partial charge < -0.3 is 9.73 Å². The first kappa shape index (κ1) is 17.0. The average Bonchev–Trinajstić information content (AvgIpc) is 3.32. The number of hydrogen-bond acceptors (Lipinski definition) is 4. The van der Waals surface area contributed by atoms with Gasteiger partial charge >= 0.3 is 0 Å². The summed E-state index contributed by atoms with van der Waals surface area (Å²) in [5.41, 5.74) is 3.27. The highest BCUT2D eigenvalue weighted by molar-refractivity contribution is 9.10. The minimum Gasteiger partial charge on any atom is -0.467 e. The van der Waals surface area contributed by atoms with Crippen LogP contribution >= 0.6 is 27.3 Å². The van der Waals surface area contributed by atoms with E-state index in [0.29, 0.717) is 17.9 Å². The van der Waals surface area contributed by atoms with Crippen LogP contribution in [0, 0.1) is 6.92 Å². The highest BCUT2D eigenvalue weighted by Crippen LogP contribution is 2.31. The summed E-state index contributed by atoms with van der Waals surface area (Å²) in [6.07, 6.45) is 1.60. The molecule has 4 rings (SSSR count). The molecule has 130 valence electrons. The molecular formula is C20H15BrN2O2S. The summed E-state index contributed by atoms with van der Waals surface area (Å²) in [4.78, 5) is 18.7. The first-order valence-electron chi connectivity index (χ1n) is 8.07. The van der Waals surface area contributed by atoms with Gasteiger partial charge in [-0.15, -0.1) is 11.3 Å². The van der Waals surface area contributed by atoms with Crippen molar-refractivity contribution in [2.45, 2.75) is 13.5 Å². The van der Waals surface area contributed by atoms with Gasteiger partial charge in [-0.25, -0.2) is 4.98 Å². The maximum absolute atomic E-state index is 12.9. The van der Waals surface area contributed by atoms with Gasteiger partial charge in [0.15, 0.2) is 0 Å². The topological polar surface area (TPSA) is 55.1 Å². The normalized spacial score (nSPS) is 11.0. The number of carbonyl (C=O) groups excluding carboxylic acids is 1. The first-order chi connectivity index (χ1) is 12.6. The zero-order valence-corrected chi connectivity index (χ0v) is 16.4. The Bertz CT molecular complexity index is 1070. The van der Waals surface area contributed by atoms with Gasteiger partial charge in [-0.05, 0) is 54.3 Å². The van der Waals surface area contributed by atoms with Crippen molar-refractivity contribution in [2.75, 3.05) is 0 Å². The largest absolute Gasteiger partial charge is 0.467 e. The molecule has 1 N–H and O–H groups in total. The number of fused-ring (bicyclic) bond motifs is 1. The van der Waals surface area contributed by atoms with Crippen LogP contribution in [0.2, 0.25) is 0 Å². The molecule has 0 radical (unpaired) electrons. The second-order valence-electron chi connectivity index (χ2n) is 5.91. The number of furan rings is 1. The van der Waals surface area contributed by atoms with Crippen LogP contribution < -0.4 is 5.32 Å². The SMILES string of the molecule is Cc1cc(Br)cc2c(C(=O)NCc3ccco3)cc(-c3cccs3)nc12. The summed E-state index contributed by atoms with van der Waals surface area (Å²) in [5.74, 6) is 0.566. The zero-order chi connectivity index (χ0) is 18.1. The second kappa shape index (κ2) is 7.05. The summed E-state index contributed by atoms with van der Waals surface area (Å²) >= 11 is 5.13. The predicted octanol–water partition coefficient (Wildman–Crippen LogP) is 5.56. The van der Waals surface area contributed by atoms with Crippen LogP contribution in [-0.2, 0) is 6.54 Å². The third-order valence-corrected chi connectivity index (χ3v) is 5.44. The minimum absolute atomic E-state index is 0.149. The third-order valence-electron chi connectivity index (χ3n) is 4.09. The number of hydrogen-bond donors (Lipinski definition) is 1.